The van der Waals surface area contributed by atoms with Crippen LogP contribution >= 0.6 is 0 Å². The van der Waals surface area contributed by atoms with Crippen molar-refractivity contribution >= 4 is 53.9 Å². The molecule has 0 atom stereocenters. The number of rotatable bonds is 3. The fourth-order valence-corrected chi connectivity index (χ4v) is 7.27. The maximum atomic E-state index is 2.37. The second-order valence-corrected chi connectivity index (χ2v) is 11.6. The lowest BCUT2D eigenvalue weighted by Gasteiger charge is -2.19. The molecule has 0 aromatic heterocycles. The summed E-state index contributed by atoms with van der Waals surface area (Å²) >= 11 is 0. The first-order valence-electron chi connectivity index (χ1n) is 15.3. The Morgan fingerprint density at radius 1 is 0.227 bits per heavy atom. The molecule has 0 aliphatic rings. The first-order chi connectivity index (χ1) is 21.8. The largest absolute Gasteiger partial charge is 0.0622 e. The molecule has 0 saturated carbocycles. The van der Waals surface area contributed by atoms with Gasteiger partial charge in [0.2, 0.25) is 0 Å². The van der Waals surface area contributed by atoms with Gasteiger partial charge in [-0.3, -0.25) is 0 Å². The molecule has 0 unspecified atom stereocenters. The van der Waals surface area contributed by atoms with E-state index in [9.17, 15) is 0 Å². The van der Waals surface area contributed by atoms with Gasteiger partial charge in [0.25, 0.3) is 0 Å². The minimum atomic E-state index is 1.24. The Morgan fingerprint density at radius 3 is 1.34 bits per heavy atom. The summed E-state index contributed by atoms with van der Waals surface area (Å²) in [5.74, 6) is 0. The summed E-state index contributed by atoms with van der Waals surface area (Å²) < 4.78 is 0. The predicted octanol–water partition coefficient (Wildman–Crippen LogP) is 12.5. The van der Waals surface area contributed by atoms with Gasteiger partial charge in [0, 0.05) is 0 Å². The van der Waals surface area contributed by atoms with E-state index in [1.165, 1.54) is 87.2 Å². The van der Waals surface area contributed by atoms with Gasteiger partial charge in [0.05, 0.1) is 0 Å². The van der Waals surface area contributed by atoms with Crippen molar-refractivity contribution in [1.29, 1.82) is 0 Å². The Hall–Kier alpha value is -5.72. The van der Waals surface area contributed by atoms with E-state index in [4.69, 9.17) is 0 Å². The predicted molar refractivity (Wildman–Crippen MR) is 190 cm³/mol. The molecular weight excluding hydrogens is 528 g/mol. The van der Waals surface area contributed by atoms with Gasteiger partial charge < -0.3 is 0 Å². The average Bonchev–Trinajstić information content (AvgIpc) is 3.10. The molecule has 0 spiro atoms. The maximum absolute atomic E-state index is 2.37. The zero-order chi connectivity index (χ0) is 29.0. The second-order valence-electron chi connectivity index (χ2n) is 11.6. The molecule has 204 valence electrons. The van der Waals surface area contributed by atoms with Gasteiger partial charge in [-0.1, -0.05) is 164 Å². The highest BCUT2D eigenvalue weighted by molar-refractivity contribution is 6.24. The molecule has 0 N–H and O–H groups in total. The summed E-state index contributed by atoms with van der Waals surface area (Å²) in [7, 11) is 0. The van der Waals surface area contributed by atoms with Crippen LogP contribution in [0.1, 0.15) is 0 Å². The van der Waals surface area contributed by atoms with E-state index in [0.29, 0.717) is 0 Å². The van der Waals surface area contributed by atoms with Crippen LogP contribution < -0.4 is 0 Å². The van der Waals surface area contributed by atoms with Gasteiger partial charge in [0.15, 0.2) is 0 Å². The van der Waals surface area contributed by atoms with Crippen molar-refractivity contribution < 1.29 is 0 Å². The minimum absolute atomic E-state index is 1.24. The molecule has 9 aromatic carbocycles. The molecule has 44 heavy (non-hydrogen) atoms. The zero-order valence-electron chi connectivity index (χ0n) is 24.2. The molecule has 0 heterocycles. The van der Waals surface area contributed by atoms with Gasteiger partial charge in [-0.25, -0.2) is 0 Å². The molecule has 0 heteroatoms. The first kappa shape index (κ1) is 24.8. The van der Waals surface area contributed by atoms with Crippen LogP contribution in [-0.4, -0.2) is 0 Å². The van der Waals surface area contributed by atoms with Crippen LogP contribution in [0.5, 0.6) is 0 Å². The average molecular weight is 557 g/mol. The molecule has 0 fully saturated rings. The third-order valence-electron chi connectivity index (χ3n) is 9.25. The highest BCUT2D eigenvalue weighted by Crippen LogP contribution is 2.46. The van der Waals surface area contributed by atoms with Gasteiger partial charge in [-0.05, 0) is 93.3 Å². The Bertz CT molecular complexity index is 2480. The standard InChI is InChI=1S/C44H28/c1-2-13-31(14-3-1)43-37-18-8-10-20-39(37)44(40-21-11-9-19-38(40)43)41-27-26-34(35-16-6-7-17-36(35)41)32-25-24-30-23-22-29-12-4-5-15-33(29)42(30)28-32/h1-28H. The molecule has 0 nitrogen and oxygen atoms in total. The van der Waals surface area contributed by atoms with Gasteiger partial charge in [0.1, 0.15) is 0 Å². The molecule has 0 bridgehead atoms. The van der Waals surface area contributed by atoms with Gasteiger partial charge in [-0.15, -0.1) is 0 Å². The van der Waals surface area contributed by atoms with Crippen LogP contribution in [0.25, 0.3) is 87.2 Å². The van der Waals surface area contributed by atoms with E-state index in [1.807, 2.05) is 0 Å². The van der Waals surface area contributed by atoms with Crippen LogP contribution in [0.15, 0.2) is 170 Å². The van der Waals surface area contributed by atoms with E-state index >= 15 is 0 Å². The van der Waals surface area contributed by atoms with Crippen molar-refractivity contribution in [2.24, 2.45) is 0 Å². The molecule has 0 radical (unpaired) electrons. The lowest BCUT2D eigenvalue weighted by atomic mass is 9.83. The fourth-order valence-electron chi connectivity index (χ4n) is 7.27. The molecule has 0 amide bonds. The van der Waals surface area contributed by atoms with Crippen molar-refractivity contribution in [2.75, 3.05) is 0 Å². The lowest BCUT2D eigenvalue weighted by molar-refractivity contribution is 1.65. The zero-order valence-corrected chi connectivity index (χ0v) is 24.2. The van der Waals surface area contributed by atoms with Gasteiger partial charge in [-0.2, -0.15) is 0 Å². The summed E-state index contributed by atoms with van der Waals surface area (Å²) in [5.41, 5.74) is 7.60. The van der Waals surface area contributed by atoms with Crippen LogP contribution in [0.4, 0.5) is 0 Å². The van der Waals surface area contributed by atoms with Gasteiger partial charge >= 0.3 is 0 Å². The monoisotopic (exact) mass is 556 g/mol. The fraction of sp³-hybridized carbons (Fsp3) is 0. The summed E-state index contributed by atoms with van der Waals surface area (Å²) in [4.78, 5) is 0. The number of hydrogen-bond donors (Lipinski definition) is 0. The van der Waals surface area contributed by atoms with E-state index in [1.54, 1.807) is 0 Å². The molecule has 0 aliphatic carbocycles. The Morgan fingerprint density at radius 2 is 0.682 bits per heavy atom. The number of hydrogen-bond acceptors (Lipinski definition) is 0. The van der Waals surface area contributed by atoms with Crippen LogP contribution in [0.3, 0.4) is 0 Å². The van der Waals surface area contributed by atoms with Crippen molar-refractivity contribution in [1.82, 2.24) is 0 Å². The van der Waals surface area contributed by atoms with Crippen molar-refractivity contribution in [3.05, 3.63) is 170 Å². The van der Waals surface area contributed by atoms with Crippen LogP contribution in [0, 0.1) is 0 Å². The molecule has 9 rings (SSSR count). The normalized spacial score (nSPS) is 11.6. The summed E-state index contributed by atoms with van der Waals surface area (Å²) in [5, 5.41) is 12.8. The van der Waals surface area contributed by atoms with Crippen LogP contribution in [0.2, 0.25) is 0 Å². The topological polar surface area (TPSA) is 0 Å². The smallest absolute Gasteiger partial charge is 0.00201 e. The molecular formula is C44H28. The Kier molecular flexibility index (Phi) is 5.61. The van der Waals surface area contributed by atoms with Crippen molar-refractivity contribution in [3.63, 3.8) is 0 Å². The minimum Gasteiger partial charge on any atom is -0.0622 e. The molecule has 0 saturated heterocycles. The van der Waals surface area contributed by atoms with Crippen molar-refractivity contribution in [2.45, 2.75) is 0 Å². The maximum Gasteiger partial charge on any atom is -0.00201 e. The second kappa shape index (κ2) is 9.93. The SMILES string of the molecule is c1ccc(-c2c3ccccc3c(-c3ccc(-c4ccc5ccc6ccccc6c5c4)c4ccccc34)c3ccccc23)cc1. The first-order valence-corrected chi connectivity index (χ1v) is 15.3. The summed E-state index contributed by atoms with van der Waals surface area (Å²) in [6.07, 6.45) is 0. The van der Waals surface area contributed by atoms with E-state index < -0.39 is 0 Å². The highest BCUT2D eigenvalue weighted by atomic mass is 14.2. The number of fused-ring (bicyclic) bond motifs is 6. The summed E-state index contributed by atoms with van der Waals surface area (Å²) in [6.45, 7) is 0. The Labute approximate surface area is 256 Å². The van der Waals surface area contributed by atoms with E-state index in [-0.39, 0.29) is 0 Å². The third-order valence-corrected chi connectivity index (χ3v) is 9.25. The lowest BCUT2D eigenvalue weighted by Crippen LogP contribution is -1.92. The van der Waals surface area contributed by atoms with Crippen LogP contribution in [-0.2, 0) is 0 Å². The molecule has 9 aromatic rings. The quantitative estimate of drug-likeness (QED) is 0.150. The van der Waals surface area contributed by atoms with E-state index in [2.05, 4.69) is 170 Å². The third kappa shape index (κ3) is 3.78. The number of benzene rings is 9. The van der Waals surface area contributed by atoms with Crippen molar-refractivity contribution in [3.8, 4) is 33.4 Å². The highest BCUT2D eigenvalue weighted by Gasteiger charge is 2.18. The molecule has 0 aliphatic heterocycles. The summed E-state index contributed by atoms with van der Waals surface area (Å²) in [6, 6.07) is 62.3. The van der Waals surface area contributed by atoms with E-state index in [0.717, 1.165) is 0 Å². The Balaban J connectivity index is 1.34.